The van der Waals surface area contributed by atoms with Crippen molar-refractivity contribution < 1.29 is 17.9 Å². The van der Waals surface area contributed by atoms with Gasteiger partial charge in [0, 0.05) is 38.6 Å². The summed E-state index contributed by atoms with van der Waals surface area (Å²) >= 11 is 0. The molecule has 2 N–H and O–H groups in total. The molecule has 3 heterocycles. The summed E-state index contributed by atoms with van der Waals surface area (Å²) in [6.07, 6.45) is 1.81. The van der Waals surface area contributed by atoms with E-state index in [0.29, 0.717) is 30.3 Å². The topological polar surface area (TPSA) is 73.1 Å². The van der Waals surface area contributed by atoms with Gasteiger partial charge in [0.15, 0.2) is 0 Å². The van der Waals surface area contributed by atoms with Crippen molar-refractivity contribution in [3.05, 3.63) is 48.0 Å². The third-order valence-corrected chi connectivity index (χ3v) is 7.62. The first kappa shape index (κ1) is 24.1. The Labute approximate surface area is 213 Å². The number of para-hydroxylation sites is 2. The molecule has 0 spiro atoms. The lowest BCUT2D eigenvalue weighted by Crippen LogP contribution is -2.47. The second-order valence-electron chi connectivity index (χ2n) is 10.0. The van der Waals surface area contributed by atoms with Crippen molar-refractivity contribution in [2.24, 2.45) is 0 Å². The highest BCUT2D eigenvalue weighted by Crippen LogP contribution is 2.35. The molecule has 4 aromatic rings. The number of aromatic amines is 2. The minimum Gasteiger partial charge on any atom is -0.490 e. The van der Waals surface area contributed by atoms with E-state index in [2.05, 4.69) is 43.0 Å². The average molecular weight is 513 g/mol. The highest BCUT2D eigenvalue weighted by Gasteiger charge is 2.35. The molecule has 10 heteroatoms. The van der Waals surface area contributed by atoms with Crippen LogP contribution in [0.4, 0.5) is 18.9 Å². The molecular formula is C27H31F3N6O. The van der Waals surface area contributed by atoms with Crippen LogP contribution in [0.25, 0.3) is 22.1 Å². The molecule has 0 radical (unpaired) electrons. The maximum Gasteiger partial charge on any atom is 0.449 e. The SMILES string of the molecule is FC(F)(F)c1nc2c(OCCN3CCN(c4cccc5[nH]c(C6CCCCC6)nc45)CC3)cccc2[nH]1. The van der Waals surface area contributed by atoms with Crippen molar-refractivity contribution in [3.8, 4) is 5.75 Å². The van der Waals surface area contributed by atoms with Gasteiger partial charge in [-0.15, -0.1) is 0 Å². The number of halogens is 3. The summed E-state index contributed by atoms with van der Waals surface area (Å²) < 4.78 is 44.9. The number of nitrogens with zero attached hydrogens (tertiary/aromatic N) is 4. The van der Waals surface area contributed by atoms with Gasteiger partial charge in [-0.3, -0.25) is 4.90 Å². The van der Waals surface area contributed by atoms with Crippen LogP contribution in [-0.4, -0.2) is 64.2 Å². The van der Waals surface area contributed by atoms with E-state index in [0.717, 1.165) is 43.0 Å². The lowest BCUT2D eigenvalue weighted by molar-refractivity contribution is -0.144. The first-order chi connectivity index (χ1) is 18.0. The molecule has 37 heavy (non-hydrogen) atoms. The first-order valence-electron chi connectivity index (χ1n) is 13.1. The highest BCUT2D eigenvalue weighted by atomic mass is 19.4. The number of ether oxygens (including phenoxy) is 1. The summed E-state index contributed by atoms with van der Waals surface area (Å²) in [6, 6.07) is 11.3. The number of alkyl halides is 3. The van der Waals surface area contributed by atoms with Crippen molar-refractivity contribution in [2.75, 3.05) is 44.2 Å². The Morgan fingerprint density at radius 3 is 2.35 bits per heavy atom. The number of hydrogen-bond acceptors (Lipinski definition) is 5. The van der Waals surface area contributed by atoms with Gasteiger partial charge < -0.3 is 19.6 Å². The number of hydrogen-bond donors (Lipinski definition) is 2. The van der Waals surface area contributed by atoms with Crippen molar-refractivity contribution in [1.82, 2.24) is 24.8 Å². The normalized spacial score (nSPS) is 18.2. The van der Waals surface area contributed by atoms with Crippen LogP contribution in [0.1, 0.15) is 49.7 Å². The summed E-state index contributed by atoms with van der Waals surface area (Å²) in [4.78, 5) is 19.4. The second kappa shape index (κ2) is 9.89. The van der Waals surface area contributed by atoms with Gasteiger partial charge in [0.2, 0.25) is 5.82 Å². The molecule has 0 amide bonds. The Kier molecular flexibility index (Phi) is 6.44. The average Bonchev–Trinajstić information content (AvgIpc) is 3.55. The van der Waals surface area contributed by atoms with Crippen LogP contribution in [0.2, 0.25) is 0 Å². The van der Waals surface area contributed by atoms with Gasteiger partial charge in [-0.2, -0.15) is 13.2 Å². The fourth-order valence-corrected chi connectivity index (χ4v) is 5.61. The molecule has 196 valence electrons. The molecule has 2 aromatic carbocycles. The molecule has 2 aliphatic rings. The van der Waals surface area contributed by atoms with Gasteiger partial charge in [0.05, 0.1) is 16.7 Å². The Morgan fingerprint density at radius 2 is 1.59 bits per heavy atom. The summed E-state index contributed by atoms with van der Waals surface area (Å²) in [6.45, 7) is 4.60. The zero-order chi connectivity index (χ0) is 25.4. The molecule has 7 nitrogen and oxygen atoms in total. The number of imidazole rings is 2. The molecule has 6 rings (SSSR count). The van der Waals surface area contributed by atoms with Crippen molar-refractivity contribution in [3.63, 3.8) is 0 Å². The van der Waals surface area contributed by atoms with E-state index >= 15 is 0 Å². The number of benzene rings is 2. The molecule has 2 fully saturated rings. The second-order valence-corrected chi connectivity index (χ2v) is 10.0. The Morgan fingerprint density at radius 1 is 0.865 bits per heavy atom. The quantitative estimate of drug-likeness (QED) is 0.346. The number of nitrogens with one attached hydrogen (secondary N) is 2. The number of H-pyrrole nitrogens is 2. The Hall–Kier alpha value is -3.27. The summed E-state index contributed by atoms with van der Waals surface area (Å²) in [5.41, 5.74) is 3.87. The van der Waals surface area contributed by atoms with Crippen LogP contribution >= 0.6 is 0 Å². The molecule has 1 aliphatic heterocycles. The van der Waals surface area contributed by atoms with Gasteiger partial charge >= 0.3 is 6.18 Å². The van der Waals surface area contributed by atoms with E-state index in [1.807, 2.05) is 0 Å². The third kappa shape index (κ3) is 4.99. The molecule has 2 aromatic heterocycles. The molecule has 0 atom stereocenters. The van der Waals surface area contributed by atoms with Crippen LogP contribution < -0.4 is 9.64 Å². The molecule has 1 saturated carbocycles. The zero-order valence-electron chi connectivity index (χ0n) is 20.7. The van der Waals surface area contributed by atoms with E-state index in [9.17, 15) is 13.2 Å². The predicted octanol–water partition coefficient (Wildman–Crippen LogP) is 5.71. The maximum absolute atomic E-state index is 13.0. The van der Waals surface area contributed by atoms with Crippen LogP contribution in [0.3, 0.4) is 0 Å². The summed E-state index contributed by atoms with van der Waals surface area (Å²) in [5, 5.41) is 0. The monoisotopic (exact) mass is 512 g/mol. The van der Waals surface area contributed by atoms with Crippen LogP contribution in [0.15, 0.2) is 36.4 Å². The molecule has 1 saturated heterocycles. The molecular weight excluding hydrogens is 481 g/mol. The fraction of sp³-hybridized carbons (Fsp3) is 0.481. The van der Waals surface area contributed by atoms with Crippen LogP contribution in [-0.2, 0) is 6.18 Å². The van der Waals surface area contributed by atoms with E-state index in [-0.39, 0.29) is 5.52 Å². The number of piperazine rings is 1. The standard InChI is InChI=1S/C27H31F3N6O/c28-27(29,30)26-32-20-9-5-11-22(24(20)34-26)37-17-16-35-12-14-36(15-13-35)21-10-4-8-19-23(21)33-25(31-19)18-6-2-1-3-7-18/h4-5,8-11,18H,1-3,6-7,12-17H2,(H,31,33)(H,32,34). The number of aromatic nitrogens is 4. The van der Waals surface area contributed by atoms with E-state index in [1.54, 1.807) is 18.2 Å². The lowest BCUT2D eigenvalue weighted by Gasteiger charge is -2.36. The number of fused-ring (bicyclic) bond motifs is 2. The van der Waals surface area contributed by atoms with Gasteiger partial charge in [-0.05, 0) is 37.1 Å². The van der Waals surface area contributed by atoms with Gasteiger partial charge in [0.1, 0.15) is 29.2 Å². The lowest BCUT2D eigenvalue weighted by atomic mass is 9.89. The number of anilines is 1. The Bertz CT molecular complexity index is 1370. The van der Waals surface area contributed by atoms with Gasteiger partial charge in [-0.25, -0.2) is 9.97 Å². The predicted molar refractivity (Wildman–Crippen MR) is 137 cm³/mol. The summed E-state index contributed by atoms with van der Waals surface area (Å²) in [5.74, 6) is 1.03. The third-order valence-electron chi connectivity index (χ3n) is 7.62. The highest BCUT2D eigenvalue weighted by molar-refractivity contribution is 5.89. The van der Waals surface area contributed by atoms with Crippen molar-refractivity contribution in [1.29, 1.82) is 0 Å². The molecule has 1 aliphatic carbocycles. The smallest absolute Gasteiger partial charge is 0.449 e. The summed E-state index contributed by atoms with van der Waals surface area (Å²) in [7, 11) is 0. The minimum absolute atomic E-state index is 0.208. The van der Waals surface area contributed by atoms with Crippen molar-refractivity contribution in [2.45, 2.75) is 44.2 Å². The largest absolute Gasteiger partial charge is 0.490 e. The molecule has 0 unspecified atom stereocenters. The molecule has 0 bridgehead atoms. The van der Waals surface area contributed by atoms with Crippen LogP contribution in [0, 0.1) is 0 Å². The van der Waals surface area contributed by atoms with Gasteiger partial charge in [-0.1, -0.05) is 31.4 Å². The Balaban J connectivity index is 1.06. The van der Waals surface area contributed by atoms with E-state index < -0.39 is 12.0 Å². The first-order valence-corrected chi connectivity index (χ1v) is 13.1. The maximum atomic E-state index is 13.0. The zero-order valence-corrected chi connectivity index (χ0v) is 20.7. The van der Waals surface area contributed by atoms with Crippen molar-refractivity contribution >= 4 is 27.8 Å². The van der Waals surface area contributed by atoms with E-state index in [1.165, 1.54) is 37.8 Å². The van der Waals surface area contributed by atoms with Crippen LogP contribution in [0.5, 0.6) is 5.75 Å². The number of rotatable bonds is 6. The van der Waals surface area contributed by atoms with Gasteiger partial charge in [0.25, 0.3) is 0 Å². The minimum atomic E-state index is -4.52. The van der Waals surface area contributed by atoms with E-state index in [4.69, 9.17) is 9.72 Å². The fourth-order valence-electron chi connectivity index (χ4n) is 5.61.